The first kappa shape index (κ1) is 12.9. The Hall–Kier alpha value is -2.10. The van der Waals surface area contributed by atoms with Crippen molar-refractivity contribution in [2.24, 2.45) is 0 Å². The average molecular weight is 270 g/mol. The van der Waals surface area contributed by atoms with E-state index in [1.165, 1.54) is 6.08 Å². The van der Waals surface area contributed by atoms with E-state index in [2.05, 4.69) is 5.32 Å². The van der Waals surface area contributed by atoms with Crippen molar-refractivity contribution < 1.29 is 9.59 Å². The third-order valence-electron chi connectivity index (χ3n) is 3.72. The molecule has 20 heavy (non-hydrogen) atoms. The Morgan fingerprint density at radius 3 is 2.70 bits per heavy atom. The number of nitrogens with one attached hydrogen (secondary N) is 1. The summed E-state index contributed by atoms with van der Waals surface area (Å²) in [6, 6.07) is 10.1. The van der Waals surface area contributed by atoms with E-state index in [-0.39, 0.29) is 17.9 Å². The molecule has 4 heteroatoms. The predicted octanol–water partition coefficient (Wildman–Crippen LogP) is 1.58. The highest BCUT2D eigenvalue weighted by Gasteiger charge is 2.39. The fourth-order valence-corrected chi connectivity index (χ4v) is 2.55. The van der Waals surface area contributed by atoms with Crippen molar-refractivity contribution in [3.8, 4) is 0 Å². The number of carbonyl (C=O) groups is 2. The van der Waals surface area contributed by atoms with Crippen molar-refractivity contribution in [1.29, 1.82) is 0 Å². The molecule has 0 bridgehead atoms. The van der Waals surface area contributed by atoms with Gasteiger partial charge in [0.1, 0.15) is 0 Å². The molecule has 2 fully saturated rings. The lowest BCUT2D eigenvalue weighted by Gasteiger charge is -2.15. The van der Waals surface area contributed by atoms with Crippen LogP contribution in [-0.2, 0) is 9.59 Å². The maximum absolute atomic E-state index is 11.8. The van der Waals surface area contributed by atoms with Crippen LogP contribution in [0, 0.1) is 0 Å². The first-order valence-corrected chi connectivity index (χ1v) is 7.05. The van der Waals surface area contributed by atoms with Crippen LogP contribution in [0.1, 0.15) is 24.8 Å². The van der Waals surface area contributed by atoms with Gasteiger partial charge in [0.2, 0.25) is 11.8 Å². The van der Waals surface area contributed by atoms with Crippen molar-refractivity contribution in [3.05, 3.63) is 42.0 Å². The number of hydrogen-bond acceptors (Lipinski definition) is 2. The third kappa shape index (κ3) is 3.07. The summed E-state index contributed by atoms with van der Waals surface area (Å²) in [7, 11) is 0. The molecule has 1 aromatic carbocycles. The maximum atomic E-state index is 11.8. The Balaban J connectivity index is 1.52. The van der Waals surface area contributed by atoms with Crippen molar-refractivity contribution in [2.45, 2.75) is 31.3 Å². The molecule has 0 aromatic heterocycles. The zero-order valence-corrected chi connectivity index (χ0v) is 11.3. The van der Waals surface area contributed by atoms with Gasteiger partial charge in [0.25, 0.3) is 0 Å². The number of amides is 2. The lowest BCUT2D eigenvalue weighted by atomic mass is 10.2. The fourth-order valence-electron chi connectivity index (χ4n) is 2.55. The number of likely N-dealkylation sites (tertiary alicyclic amines) is 1. The number of rotatable bonds is 4. The lowest BCUT2D eigenvalue weighted by Crippen LogP contribution is -2.36. The second-order valence-electron chi connectivity index (χ2n) is 5.43. The molecule has 1 aliphatic carbocycles. The summed E-state index contributed by atoms with van der Waals surface area (Å²) < 4.78 is 0. The molecule has 2 aliphatic rings. The van der Waals surface area contributed by atoms with Crippen LogP contribution < -0.4 is 5.32 Å². The molecule has 1 aromatic rings. The molecule has 1 heterocycles. The minimum atomic E-state index is -0.135. The van der Waals surface area contributed by atoms with Gasteiger partial charge in [0.15, 0.2) is 0 Å². The second-order valence-corrected chi connectivity index (χ2v) is 5.43. The summed E-state index contributed by atoms with van der Waals surface area (Å²) in [6.45, 7) is 0.661. The summed E-state index contributed by atoms with van der Waals surface area (Å²) in [5, 5.41) is 2.90. The Bertz CT molecular complexity index is 535. The molecule has 3 rings (SSSR count). The van der Waals surface area contributed by atoms with Gasteiger partial charge in [0, 0.05) is 25.1 Å². The summed E-state index contributed by atoms with van der Waals surface area (Å²) in [5.41, 5.74) is 0.991. The molecular weight excluding hydrogens is 252 g/mol. The zero-order chi connectivity index (χ0) is 13.9. The topological polar surface area (TPSA) is 49.4 Å². The fraction of sp³-hybridized carbons (Fsp3) is 0.375. The molecular formula is C16H18N2O2. The van der Waals surface area contributed by atoms with Gasteiger partial charge in [-0.1, -0.05) is 30.3 Å². The van der Waals surface area contributed by atoms with Crippen molar-refractivity contribution in [2.75, 3.05) is 6.54 Å². The summed E-state index contributed by atoms with van der Waals surface area (Å²) in [6.07, 6.45) is 5.96. The Labute approximate surface area is 118 Å². The van der Waals surface area contributed by atoms with E-state index in [9.17, 15) is 9.59 Å². The van der Waals surface area contributed by atoms with Gasteiger partial charge in [-0.3, -0.25) is 9.59 Å². The van der Waals surface area contributed by atoms with Gasteiger partial charge >= 0.3 is 0 Å². The van der Waals surface area contributed by atoms with Crippen molar-refractivity contribution in [1.82, 2.24) is 10.2 Å². The Morgan fingerprint density at radius 2 is 2.00 bits per heavy atom. The monoisotopic (exact) mass is 270 g/mol. The van der Waals surface area contributed by atoms with Crippen LogP contribution in [0.5, 0.6) is 0 Å². The molecule has 0 spiro atoms. The van der Waals surface area contributed by atoms with E-state index in [0.717, 1.165) is 18.4 Å². The number of hydrogen-bond donors (Lipinski definition) is 1. The van der Waals surface area contributed by atoms with Crippen LogP contribution in [0.15, 0.2) is 36.4 Å². The molecule has 4 nitrogen and oxygen atoms in total. The van der Waals surface area contributed by atoms with Crippen LogP contribution in [0.4, 0.5) is 0 Å². The smallest absolute Gasteiger partial charge is 0.244 e. The minimum Gasteiger partial charge on any atom is -0.348 e. The highest BCUT2D eigenvalue weighted by Crippen LogP contribution is 2.30. The molecule has 1 saturated carbocycles. The minimum absolute atomic E-state index is 0.0453. The van der Waals surface area contributed by atoms with Gasteiger partial charge in [-0.15, -0.1) is 0 Å². The van der Waals surface area contributed by atoms with Gasteiger partial charge in [-0.25, -0.2) is 0 Å². The van der Waals surface area contributed by atoms with E-state index >= 15 is 0 Å². The predicted molar refractivity (Wildman–Crippen MR) is 76.8 cm³/mol. The average Bonchev–Trinajstić information content (AvgIpc) is 3.22. The normalized spacial score (nSPS) is 22.5. The van der Waals surface area contributed by atoms with Gasteiger partial charge in [-0.05, 0) is 24.5 Å². The summed E-state index contributed by atoms with van der Waals surface area (Å²) >= 11 is 0. The van der Waals surface area contributed by atoms with Crippen LogP contribution in [-0.4, -0.2) is 35.3 Å². The number of nitrogens with zero attached hydrogens (tertiary/aromatic N) is 1. The first-order chi connectivity index (χ1) is 9.72. The number of carbonyl (C=O) groups excluding carboxylic acids is 2. The molecule has 1 atom stereocenters. The zero-order valence-electron chi connectivity index (χ0n) is 11.3. The quantitative estimate of drug-likeness (QED) is 0.844. The third-order valence-corrected chi connectivity index (χ3v) is 3.72. The highest BCUT2D eigenvalue weighted by atomic mass is 16.2. The number of benzene rings is 1. The Kier molecular flexibility index (Phi) is 3.54. The van der Waals surface area contributed by atoms with E-state index in [1.54, 1.807) is 6.08 Å². The van der Waals surface area contributed by atoms with Crippen LogP contribution in [0.2, 0.25) is 0 Å². The molecule has 1 saturated heterocycles. The maximum Gasteiger partial charge on any atom is 0.244 e. The Morgan fingerprint density at radius 1 is 1.25 bits per heavy atom. The van der Waals surface area contributed by atoms with Crippen molar-refractivity contribution >= 4 is 17.9 Å². The van der Waals surface area contributed by atoms with Gasteiger partial charge < -0.3 is 10.2 Å². The van der Waals surface area contributed by atoms with E-state index < -0.39 is 0 Å². The van der Waals surface area contributed by atoms with Gasteiger partial charge in [0.05, 0.1) is 6.04 Å². The molecule has 1 N–H and O–H groups in total. The van der Waals surface area contributed by atoms with Crippen LogP contribution in [0.25, 0.3) is 6.08 Å². The molecule has 0 radical (unpaired) electrons. The summed E-state index contributed by atoms with van der Waals surface area (Å²) in [5.74, 6) is 0.0362. The standard InChI is InChI=1S/C16H18N2O2/c19-15(9-6-12-4-2-1-3-5-12)17-13-10-16(20)18(11-13)14-7-8-14/h1-6,9,13-14H,7-8,10-11H2,(H,17,19)/b9-6+/t13-/m1/s1. The van der Waals surface area contributed by atoms with Crippen LogP contribution in [0.3, 0.4) is 0 Å². The van der Waals surface area contributed by atoms with E-state index in [4.69, 9.17) is 0 Å². The summed E-state index contributed by atoms with van der Waals surface area (Å²) in [4.78, 5) is 25.5. The molecule has 2 amide bonds. The van der Waals surface area contributed by atoms with E-state index in [0.29, 0.717) is 19.0 Å². The van der Waals surface area contributed by atoms with Crippen LogP contribution >= 0.6 is 0 Å². The highest BCUT2D eigenvalue weighted by molar-refractivity contribution is 5.92. The van der Waals surface area contributed by atoms with Crippen molar-refractivity contribution in [3.63, 3.8) is 0 Å². The van der Waals surface area contributed by atoms with Gasteiger partial charge in [-0.2, -0.15) is 0 Å². The molecule has 0 unspecified atom stereocenters. The largest absolute Gasteiger partial charge is 0.348 e. The second kappa shape index (κ2) is 5.49. The first-order valence-electron chi connectivity index (χ1n) is 7.05. The molecule has 104 valence electrons. The SMILES string of the molecule is O=C(/C=C/c1ccccc1)N[C@@H]1CC(=O)N(C2CC2)C1. The molecule has 1 aliphatic heterocycles. The lowest BCUT2D eigenvalue weighted by molar-refractivity contribution is -0.128. The van der Waals surface area contributed by atoms with E-state index in [1.807, 2.05) is 35.2 Å².